The third kappa shape index (κ3) is 6.38. The van der Waals surface area contributed by atoms with E-state index in [-0.39, 0.29) is 0 Å². The van der Waals surface area contributed by atoms with Gasteiger partial charge in [-0.15, -0.1) is 0 Å². The number of anilines is 4. The van der Waals surface area contributed by atoms with Crippen molar-refractivity contribution >= 4 is 22.7 Å². The molecule has 1 aliphatic rings. The largest absolute Gasteiger partial charge is 0.399 e. The summed E-state index contributed by atoms with van der Waals surface area (Å²) in [5, 5.41) is 0. The highest BCUT2D eigenvalue weighted by atomic mass is 15.2. The SMILES string of the molecule is CCN(CCn1cc[n+](CCC[n+]2ccn(C3CCN(c4ccc(N)c(C)c4)C3)c2)c1)c1ccc(N)c(C)c1. The van der Waals surface area contributed by atoms with E-state index in [9.17, 15) is 0 Å². The molecule has 1 unspecified atom stereocenters. The molecule has 2 aromatic carbocycles. The van der Waals surface area contributed by atoms with Gasteiger partial charge in [0.15, 0.2) is 0 Å². The Morgan fingerprint density at radius 3 is 2.38 bits per heavy atom. The summed E-state index contributed by atoms with van der Waals surface area (Å²) in [6.45, 7) is 13.4. The number of benzene rings is 2. The van der Waals surface area contributed by atoms with Gasteiger partial charge in [-0.25, -0.2) is 18.3 Å². The predicted molar refractivity (Wildman–Crippen MR) is 159 cm³/mol. The van der Waals surface area contributed by atoms with Gasteiger partial charge >= 0.3 is 0 Å². The molecule has 5 rings (SSSR count). The second kappa shape index (κ2) is 11.8. The first-order chi connectivity index (χ1) is 18.9. The first kappa shape index (κ1) is 26.7. The minimum atomic E-state index is 0.507. The zero-order valence-electron chi connectivity index (χ0n) is 23.7. The average molecular weight is 529 g/mol. The Bertz CT molecular complexity index is 1390. The van der Waals surface area contributed by atoms with E-state index in [0.29, 0.717) is 6.04 Å². The molecule has 0 radical (unpaired) electrons. The van der Waals surface area contributed by atoms with Crippen molar-refractivity contribution in [3.05, 3.63) is 85.0 Å². The highest BCUT2D eigenvalue weighted by Crippen LogP contribution is 2.28. The van der Waals surface area contributed by atoms with Gasteiger partial charge in [-0.2, -0.15) is 0 Å². The lowest BCUT2D eigenvalue weighted by Crippen LogP contribution is -2.37. The number of hydrogen-bond acceptors (Lipinski definition) is 4. The molecule has 2 aromatic heterocycles. The van der Waals surface area contributed by atoms with Gasteiger partial charge < -0.3 is 21.3 Å². The molecule has 8 nitrogen and oxygen atoms in total. The highest BCUT2D eigenvalue weighted by molar-refractivity contribution is 5.59. The molecule has 0 bridgehead atoms. The molecule has 0 amide bonds. The molecule has 4 N–H and O–H groups in total. The monoisotopic (exact) mass is 528 g/mol. The molecule has 0 spiro atoms. The van der Waals surface area contributed by atoms with Crippen molar-refractivity contribution in [3.8, 4) is 0 Å². The molecule has 1 saturated heterocycles. The molecule has 1 atom stereocenters. The van der Waals surface area contributed by atoms with Crippen LogP contribution < -0.4 is 30.4 Å². The molecular weight excluding hydrogens is 484 g/mol. The predicted octanol–water partition coefficient (Wildman–Crippen LogP) is 3.71. The van der Waals surface area contributed by atoms with Crippen LogP contribution in [0.25, 0.3) is 0 Å². The Hall–Kier alpha value is -3.94. The van der Waals surface area contributed by atoms with Crippen molar-refractivity contribution in [2.24, 2.45) is 0 Å². The molecule has 1 aliphatic heterocycles. The van der Waals surface area contributed by atoms with E-state index in [1.165, 1.54) is 11.4 Å². The van der Waals surface area contributed by atoms with Crippen LogP contribution in [0.1, 0.15) is 36.9 Å². The van der Waals surface area contributed by atoms with Crippen LogP contribution in [0.2, 0.25) is 0 Å². The van der Waals surface area contributed by atoms with E-state index >= 15 is 0 Å². The summed E-state index contributed by atoms with van der Waals surface area (Å²) in [6.07, 6.45) is 15.6. The summed E-state index contributed by atoms with van der Waals surface area (Å²) in [4.78, 5) is 4.87. The van der Waals surface area contributed by atoms with Crippen LogP contribution in [0.5, 0.6) is 0 Å². The number of imidazole rings is 2. The van der Waals surface area contributed by atoms with Crippen LogP contribution in [0.15, 0.2) is 73.8 Å². The molecule has 0 saturated carbocycles. The van der Waals surface area contributed by atoms with E-state index in [4.69, 9.17) is 11.5 Å². The van der Waals surface area contributed by atoms with Gasteiger partial charge in [0.1, 0.15) is 37.4 Å². The van der Waals surface area contributed by atoms with Gasteiger partial charge in [0.2, 0.25) is 12.7 Å². The first-order valence-electron chi connectivity index (χ1n) is 14.2. The Balaban J connectivity index is 1.07. The number of nitrogens with two attached hydrogens (primary N) is 2. The third-order valence-electron chi connectivity index (χ3n) is 8.12. The normalized spacial score (nSPS) is 15.3. The summed E-state index contributed by atoms with van der Waals surface area (Å²) in [7, 11) is 0. The van der Waals surface area contributed by atoms with Crippen LogP contribution in [0, 0.1) is 13.8 Å². The lowest BCUT2D eigenvalue weighted by Gasteiger charge is -2.23. The fraction of sp³-hybridized carbons (Fsp3) is 0.419. The molecule has 206 valence electrons. The Morgan fingerprint density at radius 2 is 1.64 bits per heavy atom. The number of aromatic nitrogens is 4. The van der Waals surface area contributed by atoms with E-state index in [1.807, 2.05) is 12.1 Å². The van der Waals surface area contributed by atoms with Gasteiger partial charge in [-0.3, -0.25) is 0 Å². The number of hydrogen-bond donors (Lipinski definition) is 2. The minimum Gasteiger partial charge on any atom is -0.399 e. The number of rotatable bonds is 11. The zero-order chi connectivity index (χ0) is 27.4. The Morgan fingerprint density at radius 1 is 0.923 bits per heavy atom. The van der Waals surface area contributed by atoms with Crippen LogP contribution in [-0.4, -0.2) is 35.3 Å². The van der Waals surface area contributed by atoms with Crippen molar-refractivity contribution < 1.29 is 9.13 Å². The standard InChI is InChI=1S/C31H44N8/c1-4-37(27-6-8-30(32)25(2)20-27)18-16-36-15-14-34(23-36)11-5-12-35-17-19-39(24-35)29-10-13-38(22-29)28-7-9-31(33)26(3)21-28/h6-9,14-15,17,19-21,23-24,29H,4-5,10-13,16,18,22,32-33H2,1-3H3/q+2. The van der Waals surface area contributed by atoms with Crippen molar-refractivity contribution in [1.82, 2.24) is 9.13 Å². The van der Waals surface area contributed by atoms with Crippen molar-refractivity contribution in [2.45, 2.75) is 59.3 Å². The van der Waals surface area contributed by atoms with E-state index in [2.05, 4.69) is 111 Å². The lowest BCUT2D eigenvalue weighted by molar-refractivity contribution is -0.726. The van der Waals surface area contributed by atoms with Crippen molar-refractivity contribution in [1.29, 1.82) is 0 Å². The van der Waals surface area contributed by atoms with Crippen LogP contribution >= 0.6 is 0 Å². The molecular formula is C31H44N8+2. The lowest BCUT2D eigenvalue weighted by atomic mass is 10.1. The Labute approximate surface area is 232 Å². The van der Waals surface area contributed by atoms with Crippen LogP contribution in [-0.2, 0) is 19.6 Å². The van der Waals surface area contributed by atoms with Crippen molar-refractivity contribution in [2.75, 3.05) is 47.4 Å². The first-order valence-corrected chi connectivity index (χ1v) is 14.2. The Kier molecular flexibility index (Phi) is 8.10. The number of nitrogen functional groups attached to an aromatic ring is 2. The fourth-order valence-corrected chi connectivity index (χ4v) is 5.54. The second-order valence-corrected chi connectivity index (χ2v) is 10.9. The van der Waals surface area contributed by atoms with Crippen LogP contribution in [0.4, 0.5) is 22.7 Å². The number of likely N-dealkylation sites (N-methyl/N-ethyl adjacent to an activating group) is 1. The van der Waals surface area contributed by atoms with E-state index in [1.54, 1.807) is 0 Å². The number of aryl methyl sites for hydroxylation is 4. The minimum absolute atomic E-state index is 0.507. The van der Waals surface area contributed by atoms with E-state index < -0.39 is 0 Å². The summed E-state index contributed by atoms with van der Waals surface area (Å²) in [5.41, 5.74) is 18.5. The average Bonchev–Trinajstić information content (AvgIpc) is 3.69. The maximum absolute atomic E-state index is 6.01. The number of nitrogens with zero attached hydrogens (tertiary/aromatic N) is 6. The molecule has 8 heteroatoms. The molecule has 1 fully saturated rings. The van der Waals surface area contributed by atoms with E-state index in [0.717, 1.165) is 81.2 Å². The van der Waals surface area contributed by atoms with Gasteiger partial charge in [-0.05, 0) is 68.3 Å². The zero-order valence-corrected chi connectivity index (χ0v) is 23.7. The van der Waals surface area contributed by atoms with Gasteiger partial charge in [0.25, 0.3) is 0 Å². The molecule has 39 heavy (non-hydrogen) atoms. The molecule has 4 aromatic rings. The smallest absolute Gasteiger partial charge is 0.244 e. The summed E-state index contributed by atoms with van der Waals surface area (Å²) >= 11 is 0. The molecule has 3 heterocycles. The van der Waals surface area contributed by atoms with Gasteiger partial charge in [-0.1, -0.05) is 0 Å². The van der Waals surface area contributed by atoms with Crippen molar-refractivity contribution in [3.63, 3.8) is 0 Å². The van der Waals surface area contributed by atoms with Gasteiger partial charge in [0.05, 0.1) is 26.2 Å². The quantitative estimate of drug-likeness (QED) is 0.230. The molecule has 0 aliphatic carbocycles. The summed E-state index contributed by atoms with van der Waals surface area (Å²) < 4.78 is 9.28. The second-order valence-electron chi connectivity index (χ2n) is 10.9. The highest BCUT2D eigenvalue weighted by Gasteiger charge is 2.28. The summed E-state index contributed by atoms with van der Waals surface area (Å²) in [5.74, 6) is 0. The third-order valence-corrected chi connectivity index (χ3v) is 8.12. The topological polar surface area (TPSA) is 76.1 Å². The summed E-state index contributed by atoms with van der Waals surface area (Å²) in [6, 6.07) is 13.2. The van der Waals surface area contributed by atoms with Crippen LogP contribution in [0.3, 0.4) is 0 Å². The fourth-order valence-electron chi connectivity index (χ4n) is 5.54. The maximum atomic E-state index is 6.01. The maximum Gasteiger partial charge on any atom is 0.244 e. The van der Waals surface area contributed by atoms with Gasteiger partial charge in [0, 0.05) is 48.7 Å².